The Balaban J connectivity index is 4.00. The maximum atomic E-state index is 12.8. The summed E-state index contributed by atoms with van der Waals surface area (Å²) in [6.45, 7) is 7.71. The maximum absolute atomic E-state index is 12.8. The Morgan fingerprint density at radius 3 is 1.21 bits per heavy atom. The van der Waals surface area contributed by atoms with Crippen LogP contribution in [-0.4, -0.2) is 56.2 Å². The third kappa shape index (κ3) is 31.6. The first-order valence-electron chi connectivity index (χ1n) is 18.5. The van der Waals surface area contributed by atoms with Crippen LogP contribution >= 0.6 is 0 Å². The Morgan fingerprint density at radius 1 is 0.476 bits per heavy atom. The number of carbonyl (C=O) groups excluding carboxylic acids is 1. The SMILES string of the molecule is CCCCCCC=CCCCCCCCCN(CCCCCCCCC=CCCCCCC)C(=O)OCCCN(C)C. The van der Waals surface area contributed by atoms with Crippen LogP contribution in [-0.2, 0) is 4.74 Å². The van der Waals surface area contributed by atoms with Gasteiger partial charge in [0.25, 0.3) is 0 Å². The minimum absolute atomic E-state index is 0.100. The van der Waals surface area contributed by atoms with Crippen molar-refractivity contribution < 1.29 is 9.53 Å². The molecule has 0 fully saturated rings. The van der Waals surface area contributed by atoms with Crippen LogP contribution in [0.3, 0.4) is 0 Å². The van der Waals surface area contributed by atoms with Crippen molar-refractivity contribution in [2.24, 2.45) is 0 Å². The Kier molecular flexibility index (Phi) is 33.2. The Labute approximate surface area is 264 Å². The number of amides is 1. The number of allylic oxidation sites excluding steroid dienone is 4. The number of hydrogen-bond acceptors (Lipinski definition) is 3. The number of rotatable bonds is 32. The number of nitrogens with zero attached hydrogens (tertiary/aromatic N) is 2. The van der Waals surface area contributed by atoms with Gasteiger partial charge < -0.3 is 14.5 Å². The number of ether oxygens (including phenoxy) is 1. The van der Waals surface area contributed by atoms with Crippen LogP contribution in [0.4, 0.5) is 4.79 Å². The molecule has 0 aromatic rings. The van der Waals surface area contributed by atoms with E-state index in [2.05, 4.69) is 57.1 Å². The van der Waals surface area contributed by atoms with E-state index < -0.39 is 0 Å². The summed E-state index contributed by atoms with van der Waals surface area (Å²) in [5.74, 6) is 0. The van der Waals surface area contributed by atoms with E-state index in [1.807, 2.05) is 4.90 Å². The lowest BCUT2D eigenvalue weighted by atomic mass is 10.1. The molecule has 1 amide bonds. The van der Waals surface area contributed by atoms with Crippen molar-refractivity contribution in [2.75, 3.05) is 40.3 Å². The summed E-state index contributed by atoms with van der Waals surface area (Å²) in [6.07, 6.45) is 41.3. The summed E-state index contributed by atoms with van der Waals surface area (Å²) in [7, 11) is 4.12. The molecule has 0 N–H and O–H groups in total. The summed E-state index contributed by atoms with van der Waals surface area (Å²) < 4.78 is 5.64. The molecule has 0 atom stereocenters. The molecule has 0 saturated carbocycles. The molecule has 4 nitrogen and oxygen atoms in total. The van der Waals surface area contributed by atoms with Crippen molar-refractivity contribution >= 4 is 6.09 Å². The lowest BCUT2D eigenvalue weighted by Gasteiger charge is -2.22. The highest BCUT2D eigenvalue weighted by Gasteiger charge is 2.14. The van der Waals surface area contributed by atoms with Gasteiger partial charge in [-0.3, -0.25) is 0 Å². The number of carbonyl (C=O) groups is 1. The van der Waals surface area contributed by atoms with Crippen LogP contribution < -0.4 is 0 Å². The van der Waals surface area contributed by atoms with Crippen molar-refractivity contribution in [3.8, 4) is 0 Å². The van der Waals surface area contributed by atoms with Crippen LogP contribution in [0.15, 0.2) is 24.3 Å². The largest absolute Gasteiger partial charge is 0.449 e. The Bertz CT molecular complexity index is 564. The molecule has 0 aromatic carbocycles. The summed E-state index contributed by atoms with van der Waals surface area (Å²) in [5.41, 5.74) is 0. The number of unbranched alkanes of at least 4 members (excludes halogenated alkanes) is 20. The lowest BCUT2D eigenvalue weighted by Crippen LogP contribution is -2.34. The molecule has 4 heteroatoms. The molecule has 0 aliphatic rings. The lowest BCUT2D eigenvalue weighted by molar-refractivity contribution is 0.0976. The van der Waals surface area contributed by atoms with Crippen molar-refractivity contribution in [3.05, 3.63) is 24.3 Å². The van der Waals surface area contributed by atoms with Crippen LogP contribution in [0.2, 0.25) is 0 Å². The molecule has 0 radical (unpaired) electrons. The summed E-state index contributed by atoms with van der Waals surface area (Å²) in [5, 5.41) is 0. The van der Waals surface area contributed by atoms with Gasteiger partial charge in [0.2, 0.25) is 0 Å². The molecule has 0 aliphatic carbocycles. The van der Waals surface area contributed by atoms with Gasteiger partial charge in [-0.15, -0.1) is 0 Å². The Morgan fingerprint density at radius 2 is 0.833 bits per heavy atom. The van der Waals surface area contributed by atoms with E-state index in [-0.39, 0.29) is 6.09 Å². The predicted molar refractivity (Wildman–Crippen MR) is 187 cm³/mol. The molecule has 0 aromatic heterocycles. The fraction of sp³-hybridized carbons (Fsp3) is 0.868. The van der Waals surface area contributed by atoms with E-state index in [0.717, 1.165) is 38.9 Å². The van der Waals surface area contributed by atoms with Crippen LogP contribution in [0.25, 0.3) is 0 Å². The molecule has 248 valence electrons. The van der Waals surface area contributed by atoms with Gasteiger partial charge in [-0.1, -0.05) is 128 Å². The third-order valence-electron chi connectivity index (χ3n) is 8.11. The van der Waals surface area contributed by atoms with Gasteiger partial charge in [0, 0.05) is 19.6 Å². The molecule has 0 unspecified atom stereocenters. The smallest absolute Gasteiger partial charge is 0.409 e. The molecule has 0 aliphatic heterocycles. The fourth-order valence-electron chi connectivity index (χ4n) is 5.32. The summed E-state index contributed by atoms with van der Waals surface area (Å²) >= 11 is 0. The van der Waals surface area contributed by atoms with E-state index in [0.29, 0.717) is 6.61 Å². The molecule has 0 rings (SSSR count). The second-order valence-corrected chi connectivity index (χ2v) is 12.7. The van der Waals surface area contributed by atoms with Crippen LogP contribution in [0, 0.1) is 0 Å². The first-order chi connectivity index (χ1) is 20.6. The third-order valence-corrected chi connectivity index (χ3v) is 8.11. The van der Waals surface area contributed by atoms with Gasteiger partial charge in [-0.25, -0.2) is 4.79 Å². The zero-order chi connectivity index (χ0) is 30.8. The van der Waals surface area contributed by atoms with Crippen molar-refractivity contribution in [1.29, 1.82) is 0 Å². The predicted octanol–water partition coefficient (Wildman–Crippen LogP) is 11.9. The zero-order valence-corrected chi connectivity index (χ0v) is 29.0. The van der Waals surface area contributed by atoms with Crippen LogP contribution in [0.1, 0.15) is 174 Å². The van der Waals surface area contributed by atoms with E-state index in [1.165, 1.54) is 141 Å². The van der Waals surface area contributed by atoms with E-state index in [1.54, 1.807) is 0 Å². The molecule has 0 heterocycles. The van der Waals surface area contributed by atoms with Crippen LogP contribution in [0.5, 0.6) is 0 Å². The Hall–Kier alpha value is -1.29. The zero-order valence-electron chi connectivity index (χ0n) is 29.0. The second-order valence-electron chi connectivity index (χ2n) is 12.7. The first kappa shape index (κ1) is 40.7. The van der Waals surface area contributed by atoms with Gasteiger partial charge in [0.15, 0.2) is 0 Å². The molecule has 42 heavy (non-hydrogen) atoms. The molecule has 0 spiro atoms. The average molecular weight is 591 g/mol. The van der Waals surface area contributed by atoms with Crippen molar-refractivity contribution in [1.82, 2.24) is 9.80 Å². The molecular formula is C38H74N2O2. The highest BCUT2D eigenvalue weighted by molar-refractivity contribution is 5.67. The molecule has 0 bridgehead atoms. The van der Waals surface area contributed by atoms with E-state index in [4.69, 9.17) is 4.74 Å². The highest BCUT2D eigenvalue weighted by Crippen LogP contribution is 2.13. The maximum Gasteiger partial charge on any atom is 0.409 e. The highest BCUT2D eigenvalue weighted by atomic mass is 16.6. The normalized spacial score (nSPS) is 11.8. The van der Waals surface area contributed by atoms with E-state index >= 15 is 0 Å². The van der Waals surface area contributed by atoms with Crippen molar-refractivity contribution in [2.45, 2.75) is 174 Å². The monoisotopic (exact) mass is 591 g/mol. The fourth-order valence-corrected chi connectivity index (χ4v) is 5.32. The second kappa shape index (κ2) is 34.2. The van der Waals surface area contributed by atoms with E-state index in [9.17, 15) is 4.79 Å². The molecule has 0 saturated heterocycles. The minimum Gasteiger partial charge on any atom is -0.449 e. The van der Waals surface area contributed by atoms with Gasteiger partial charge in [-0.05, 0) is 84.7 Å². The quantitative estimate of drug-likeness (QED) is 0.0577. The first-order valence-corrected chi connectivity index (χ1v) is 18.5. The number of hydrogen-bond donors (Lipinski definition) is 0. The topological polar surface area (TPSA) is 32.8 Å². The van der Waals surface area contributed by atoms with Gasteiger partial charge in [-0.2, -0.15) is 0 Å². The van der Waals surface area contributed by atoms with Gasteiger partial charge >= 0.3 is 6.09 Å². The standard InChI is InChI=1S/C38H74N2O2/c1-5-7-9-11-13-15-17-19-21-23-25-27-29-31-35-40(38(41)42-37-33-34-39(3)4)36-32-30-28-26-24-22-20-18-16-14-12-10-8-6-2/h15-18H,5-14,19-37H2,1-4H3. The minimum atomic E-state index is -0.100. The summed E-state index contributed by atoms with van der Waals surface area (Å²) in [4.78, 5) is 16.9. The van der Waals surface area contributed by atoms with Crippen molar-refractivity contribution in [3.63, 3.8) is 0 Å². The average Bonchev–Trinajstić information content (AvgIpc) is 2.98. The molecular weight excluding hydrogens is 516 g/mol. The summed E-state index contributed by atoms with van der Waals surface area (Å²) in [6, 6.07) is 0. The van der Waals surface area contributed by atoms with Gasteiger partial charge in [0.05, 0.1) is 6.61 Å². The van der Waals surface area contributed by atoms with Gasteiger partial charge in [0.1, 0.15) is 0 Å².